The minimum atomic E-state index is -0.282. The van der Waals surface area contributed by atoms with Crippen molar-refractivity contribution >= 4 is 23.5 Å². The largest absolute Gasteiger partial charge is 0.493 e. The van der Waals surface area contributed by atoms with Gasteiger partial charge in [-0.25, -0.2) is 0 Å². The first-order valence-corrected chi connectivity index (χ1v) is 8.44. The van der Waals surface area contributed by atoms with E-state index >= 15 is 0 Å². The first-order valence-electron chi connectivity index (χ1n) is 8.44. The predicted molar refractivity (Wildman–Crippen MR) is 103 cm³/mol. The molecule has 1 N–H and O–H groups in total. The summed E-state index contributed by atoms with van der Waals surface area (Å²) >= 11 is 0. The van der Waals surface area contributed by atoms with Crippen molar-refractivity contribution < 1.29 is 19.1 Å². The predicted octanol–water partition coefficient (Wildman–Crippen LogP) is 4.34. The van der Waals surface area contributed by atoms with Gasteiger partial charge < -0.3 is 14.8 Å². The molecule has 5 heteroatoms. The number of ether oxygens (including phenoxy) is 2. The molecule has 0 aliphatic carbocycles. The molecule has 0 saturated carbocycles. The fourth-order valence-corrected chi connectivity index (χ4v) is 2.29. The Kier molecular flexibility index (Phi) is 6.97. The lowest BCUT2D eigenvalue weighted by atomic mass is 10.1. The molecule has 136 valence electrons. The summed E-state index contributed by atoms with van der Waals surface area (Å²) in [5.41, 5.74) is 1.95. The van der Waals surface area contributed by atoms with Crippen LogP contribution in [0.4, 0.5) is 5.69 Å². The number of carbonyl (C=O) groups excluding carboxylic acids is 2. The Morgan fingerprint density at radius 2 is 1.92 bits per heavy atom. The van der Waals surface area contributed by atoms with Crippen molar-refractivity contribution in [2.45, 2.75) is 20.3 Å². The van der Waals surface area contributed by atoms with Gasteiger partial charge in [-0.2, -0.15) is 0 Å². The lowest BCUT2D eigenvalue weighted by molar-refractivity contribution is -0.111. The fraction of sp³-hybridized carbons (Fsp3) is 0.238. The second-order valence-electron chi connectivity index (χ2n) is 5.72. The zero-order valence-electron chi connectivity index (χ0n) is 15.2. The number of nitrogens with one attached hydrogen (secondary N) is 1. The molecule has 26 heavy (non-hydrogen) atoms. The van der Waals surface area contributed by atoms with Crippen LogP contribution >= 0.6 is 0 Å². The van der Waals surface area contributed by atoms with Crippen molar-refractivity contribution in [3.8, 4) is 11.5 Å². The van der Waals surface area contributed by atoms with Gasteiger partial charge in [0.2, 0.25) is 5.91 Å². The third-order valence-electron chi connectivity index (χ3n) is 3.61. The van der Waals surface area contributed by atoms with Crippen molar-refractivity contribution in [3.05, 3.63) is 59.7 Å². The van der Waals surface area contributed by atoms with Gasteiger partial charge in [-0.3, -0.25) is 9.59 Å². The molecular formula is C21H23NO4. The standard InChI is InChI=1S/C21H23NO4/c1-4-12-26-19-10-8-16(13-20(19)25-3)9-11-21(24)22-18-7-5-6-17(14-18)15(2)23/h5-11,13-14H,4,12H2,1-3H3,(H,22,24)/b11-9+. The van der Waals surface area contributed by atoms with Crippen LogP contribution in [0.3, 0.4) is 0 Å². The SMILES string of the molecule is CCCOc1ccc(/C=C/C(=O)Nc2cccc(C(C)=O)c2)cc1OC. The number of carbonyl (C=O) groups is 2. The Morgan fingerprint density at radius 3 is 2.62 bits per heavy atom. The third-order valence-corrected chi connectivity index (χ3v) is 3.61. The quantitative estimate of drug-likeness (QED) is 0.566. The minimum Gasteiger partial charge on any atom is -0.493 e. The van der Waals surface area contributed by atoms with Gasteiger partial charge >= 0.3 is 0 Å². The highest BCUT2D eigenvalue weighted by Crippen LogP contribution is 2.28. The van der Waals surface area contributed by atoms with E-state index in [9.17, 15) is 9.59 Å². The number of methoxy groups -OCH3 is 1. The highest BCUT2D eigenvalue weighted by molar-refractivity contribution is 6.03. The highest BCUT2D eigenvalue weighted by atomic mass is 16.5. The monoisotopic (exact) mass is 353 g/mol. The van der Waals surface area contributed by atoms with Crippen LogP contribution in [-0.2, 0) is 4.79 Å². The maximum absolute atomic E-state index is 12.1. The molecular weight excluding hydrogens is 330 g/mol. The molecule has 0 fully saturated rings. The molecule has 1 amide bonds. The van der Waals surface area contributed by atoms with E-state index in [2.05, 4.69) is 5.32 Å². The van der Waals surface area contributed by atoms with Gasteiger partial charge in [0.05, 0.1) is 13.7 Å². The zero-order chi connectivity index (χ0) is 18.9. The summed E-state index contributed by atoms with van der Waals surface area (Å²) < 4.78 is 10.9. The van der Waals surface area contributed by atoms with Crippen LogP contribution < -0.4 is 14.8 Å². The molecule has 0 bridgehead atoms. The Bertz CT molecular complexity index is 811. The number of amides is 1. The summed E-state index contributed by atoms with van der Waals surface area (Å²) in [5, 5.41) is 2.74. The summed E-state index contributed by atoms with van der Waals surface area (Å²) in [6.45, 7) is 4.14. The summed E-state index contributed by atoms with van der Waals surface area (Å²) in [5.74, 6) is 0.970. The van der Waals surface area contributed by atoms with Crippen LogP contribution in [-0.4, -0.2) is 25.4 Å². The Balaban J connectivity index is 2.05. The van der Waals surface area contributed by atoms with Crippen molar-refractivity contribution in [3.63, 3.8) is 0 Å². The molecule has 0 radical (unpaired) electrons. The van der Waals surface area contributed by atoms with Crippen molar-refractivity contribution in [1.29, 1.82) is 0 Å². The van der Waals surface area contributed by atoms with Crippen molar-refractivity contribution in [2.24, 2.45) is 0 Å². The van der Waals surface area contributed by atoms with E-state index in [4.69, 9.17) is 9.47 Å². The number of Topliss-reactive ketones (excluding diaryl/α,β-unsaturated/α-hetero) is 1. The second kappa shape index (κ2) is 9.42. The second-order valence-corrected chi connectivity index (χ2v) is 5.72. The molecule has 0 aliphatic heterocycles. The molecule has 2 aromatic carbocycles. The van der Waals surface area contributed by atoms with E-state index in [1.165, 1.54) is 13.0 Å². The molecule has 0 atom stereocenters. The highest BCUT2D eigenvalue weighted by Gasteiger charge is 2.05. The average Bonchev–Trinajstić information content (AvgIpc) is 2.65. The van der Waals surface area contributed by atoms with Crippen LogP contribution in [0.5, 0.6) is 11.5 Å². The number of anilines is 1. The molecule has 2 aromatic rings. The van der Waals surface area contributed by atoms with Gasteiger partial charge in [0.1, 0.15) is 0 Å². The Hall–Kier alpha value is -3.08. The summed E-state index contributed by atoms with van der Waals surface area (Å²) in [4.78, 5) is 23.5. The Morgan fingerprint density at radius 1 is 1.12 bits per heavy atom. The van der Waals surface area contributed by atoms with Gasteiger partial charge in [-0.15, -0.1) is 0 Å². The van der Waals surface area contributed by atoms with E-state index in [-0.39, 0.29) is 11.7 Å². The minimum absolute atomic E-state index is 0.0471. The lowest BCUT2D eigenvalue weighted by Gasteiger charge is -2.10. The van der Waals surface area contributed by atoms with E-state index in [1.54, 1.807) is 37.5 Å². The number of hydrogen-bond acceptors (Lipinski definition) is 4. The zero-order valence-corrected chi connectivity index (χ0v) is 15.2. The number of hydrogen-bond donors (Lipinski definition) is 1. The fourth-order valence-electron chi connectivity index (χ4n) is 2.29. The van der Waals surface area contributed by atoms with Crippen LogP contribution in [0.15, 0.2) is 48.5 Å². The van der Waals surface area contributed by atoms with Crippen LogP contribution in [0.25, 0.3) is 6.08 Å². The summed E-state index contributed by atoms with van der Waals surface area (Å²) in [6, 6.07) is 12.3. The van der Waals surface area contributed by atoms with Gasteiger partial charge in [-0.05, 0) is 49.2 Å². The number of benzene rings is 2. The number of ketones is 1. The molecule has 0 aromatic heterocycles. The van der Waals surface area contributed by atoms with Crippen LogP contribution in [0.1, 0.15) is 36.2 Å². The summed E-state index contributed by atoms with van der Waals surface area (Å²) in [7, 11) is 1.58. The molecule has 0 saturated heterocycles. The normalized spacial score (nSPS) is 10.6. The molecule has 0 unspecified atom stereocenters. The van der Waals surface area contributed by atoms with E-state index < -0.39 is 0 Å². The smallest absolute Gasteiger partial charge is 0.248 e. The van der Waals surface area contributed by atoms with E-state index in [1.807, 2.05) is 25.1 Å². The van der Waals surface area contributed by atoms with E-state index in [0.717, 1.165) is 12.0 Å². The molecule has 0 heterocycles. The first kappa shape index (κ1) is 19.2. The first-order chi connectivity index (χ1) is 12.5. The third kappa shape index (κ3) is 5.48. The van der Waals surface area contributed by atoms with Crippen LogP contribution in [0.2, 0.25) is 0 Å². The lowest BCUT2D eigenvalue weighted by Crippen LogP contribution is -2.08. The number of rotatable bonds is 8. The topological polar surface area (TPSA) is 64.6 Å². The van der Waals surface area contributed by atoms with Crippen LogP contribution in [0, 0.1) is 0 Å². The van der Waals surface area contributed by atoms with E-state index in [0.29, 0.717) is 29.4 Å². The van der Waals surface area contributed by atoms with Gasteiger partial charge in [0.15, 0.2) is 17.3 Å². The maximum atomic E-state index is 12.1. The average molecular weight is 353 g/mol. The maximum Gasteiger partial charge on any atom is 0.248 e. The molecule has 5 nitrogen and oxygen atoms in total. The molecule has 0 aliphatic rings. The van der Waals surface area contributed by atoms with Gasteiger partial charge in [-0.1, -0.05) is 25.1 Å². The molecule has 0 spiro atoms. The molecule has 2 rings (SSSR count). The Labute approximate surface area is 153 Å². The van der Waals surface area contributed by atoms with Crippen molar-refractivity contribution in [1.82, 2.24) is 0 Å². The van der Waals surface area contributed by atoms with Gasteiger partial charge in [0.25, 0.3) is 0 Å². The summed E-state index contributed by atoms with van der Waals surface area (Å²) in [6.07, 6.45) is 4.04. The van der Waals surface area contributed by atoms with Crippen molar-refractivity contribution in [2.75, 3.05) is 19.0 Å². The van der Waals surface area contributed by atoms with Gasteiger partial charge in [0, 0.05) is 17.3 Å².